The molecule has 2 nitrogen and oxygen atoms in total. The van der Waals surface area contributed by atoms with Crippen LogP contribution in [0.2, 0.25) is 0 Å². The fraction of sp³-hybridized carbons (Fsp3) is 0.176. The normalized spacial score (nSPS) is 11.1. The van der Waals surface area contributed by atoms with Crippen molar-refractivity contribution in [3.8, 4) is 11.1 Å². The lowest BCUT2D eigenvalue weighted by atomic mass is 9.96. The lowest BCUT2D eigenvalue weighted by Gasteiger charge is -2.12. The Kier molecular flexibility index (Phi) is 3.00. The van der Waals surface area contributed by atoms with Gasteiger partial charge in [-0.1, -0.05) is 32.0 Å². The molecule has 3 rings (SSSR count). The van der Waals surface area contributed by atoms with Gasteiger partial charge in [-0.2, -0.15) is 0 Å². The molecule has 0 unspecified atom stereocenters. The van der Waals surface area contributed by atoms with Crippen molar-refractivity contribution in [1.29, 1.82) is 0 Å². The van der Waals surface area contributed by atoms with E-state index in [-0.39, 0.29) is 0 Å². The fourth-order valence-corrected chi connectivity index (χ4v) is 2.37. The Bertz CT molecular complexity index is 717. The van der Waals surface area contributed by atoms with Crippen LogP contribution >= 0.6 is 0 Å². The second kappa shape index (κ2) is 4.81. The topological polar surface area (TPSA) is 25.8 Å². The molecule has 19 heavy (non-hydrogen) atoms. The van der Waals surface area contributed by atoms with E-state index in [0.717, 1.165) is 5.69 Å². The number of hydrogen-bond donors (Lipinski definition) is 0. The zero-order valence-corrected chi connectivity index (χ0v) is 11.2. The first kappa shape index (κ1) is 11.8. The van der Waals surface area contributed by atoms with E-state index in [1.807, 2.05) is 30.7 Å². The van der Waals surface area contributed by atoms with E-state index < -0.39 is 0 Å². The number of fused-ring (bicyclic) bond motifs is 1. The first-order chi connectivity index (χ1) is 9.25. The monoisotopic (exact) mass is 248 g/mol. The van der Waals surface area contributed by atoms with Gasteiger partial charge >= 0.3 is 0 Å². The molecule has 0 amide bonds. The molecule has 2 aromatic heterocycles. The second-order valence-corrected chi connectivity index (χ2v) is 5.03. The highest BCUT2D eigenvalue weighted by Gasteiger charge is 2.09. The molecule has 0 N–H and O–H groups in total. The molecule has 2 heterocycles. The van der Waals surface area contributed by atoms with Gasteiger partial charge in [0.2, 0.25) is 0 Å². The molecular weight excluding hydrogens is 232 g/mol. The Labute approximate surface area is 113 Å². The Morgan fingerprint density at radius 2 is 1.84 bits per heavy atom. The Balaban J connectivity index is 2.19. The third-order valence-electron chi connectivity index (χ3n) is 3.34. The van der Waals surface area contributed by atoms with Gasteiger partial charge in [0.05, 0.1) is 5.69 Å². The van der Waals surface area contributed by atoms with E-state index in [2.05, 4.69) is 48.1 Å². The van der Waals surface area contributed by atoms with Crippen LogP contribution in [0.1, 0.15) is 25.5 Å². The molecule has 0 bridgehead atoms. The maximum Gasteiger partial charge on any atom is 0.0507 e. The molecule has 0 saturated carbocycles. The molecule has 0 aliphatic heterocycles. The number of nitrogens with zero attached hydrogens (tertiary/aromatic N) is 2. The van der Waals surface area contributed by atoms with Gasteiger partial charge in [-0.15, -0.1) is 0 Å². The van der Waals surface area contributed by atoms with Crippen LogP contribution in [-0.2, 0) is 0 Å². The minimum atomic E-state index is 0.417. The smallest absolute Gasteiger partial charge is 0.0507 e. The quantitative estimate of drug-likeness (QED) is 0.671. The van der Waals surface area contributed by atoms with E-state index in [0.29, 0.717) is 5.92 Å². The number of benzene rings is 1. The van der Waals surface area contributed by atoms with Crippen LogP contribution in [0.4, 0.5) is 0 Å². The van der Waals surface area contributed by atoms with E-state index in [9.17, 15) is 0 Å². The van der Waals surface area contributed by atoms with Gasteiger partial charge in [-0.3, -0.25) is 9.97 Å². The highest BCUT2D eigenvalue weighted by atomic mass is 14.7. The molecule has 0 atom stereocenters. The zero-order valence-electron chi connectivity index (χ0n) is 11.2. The lowest BCUT2D eigenvalue weighted by molar-refractivity contribution is 0.826. The summed E-state index contributed by atoms with van der Waals surface area (Å²) in [7, 11) is 0. The molecule has 0 spiro atoms. The predicted octanol–water partition coefficient (Wildman–Crippen LogP) is 4.42. The van der Waals surface area contributed by atoms with Crippen LogP contribution in [0.5, 0.6) is 0 Å². The number of rotatable bonds is 2. The molecule has 0 saturated heterocycles. The summed E-state index contributed by atoms with van der Waals surface area (Å²) in [6, 6.07) is 12.7. The standard InChI is InChI=1S/C17H16N2/c1-12(2)17-16(4-3-8-19-17)14-6-5-13-7-9-18-11-15(13)10-14/h3-12H,1-2H3. The van der Waals surface area contributed by atoms with Crippen molar-refractivity contribution in [1.82, 2.24) is 9.97 Å². The van der Waals surface area contributed by atoms with Gasteiger partial charge in [0.25, 0.3) is 0 Å². The molecule has 2 heteroatoms. The van der Waals surface area contributed by atoms with Crippen molar-refractivity contribution in [3.63, 3.8) is 0 Å². The Hall–Kier alpha value is -2.22. The summed E-state index contributed by atoms with van der Waals surface area (Å²) in [6.07, 6.45) is 5.59. The van der Waals surface area contributed by atoms with E-state index >= 15 is 0 Å². The van der Waals surface area contributed by atoms with Crippen molar-refractivity contribution >= 4 is 10.8 Å². The summed E-state index contributed by atoms with van der Waals surface area (Å²) in [5.74, 6) is 0.417. The molecule has 94 valence electrons. The highest BCUT2D eigenvalue weighted by molar-refractivity contribution is 5.86. The van der Waals surface area contributed by atoms with Crippen LogP contribution in [-0.4, -0.2) is 9.97 Å². The minimum Gasteiger partial charge on any atom is -0.264 e. The van der Waals surface area contributed by atoms with Crippen molar-refractivity contribution in [2.45, 2.75) is 19.8 Å². The van der Waals surface area contributed by atoms with Crippen LogP contribution < -0.4 is 0 Å². The Morgan fingerprint density at radius 3 is 2.68 bits per heavy atom. The zero-order chi connectivity index (χ0) is 13.2. The van der Waals surface area contributed by atoms with Gasteiger partial charge < -0.3 is 0 Å². The summed E-state index contributed by atoms with van der Waals surface area (Å²) in [6.45, 7) is 4.35. The molecular formula is C17H16N2. The van der Waals surface area contributed by atoms with Crippen LogP contribution in [0.15, 0.2) is 55.0 Å². The largest absolute Gasteiger partial charge is 0.264 e. The molecule has 0 radical (unpaired) electrons. The average Bonchev–Trinajstić information content (AvgIpc) is 2.46. The molecule has 3 aromatic rings. The molecule has 1 aromatic carbocycles. The summed E-state index contributed by atoms with van der Waals surface area (Å²) < 4.78 is 0. The number of hydrogen-bond acceptors (Lipinski definition) is 2. The summed E-state index contributed by atoms with van der Waals surface area (Å²) in [5.41, 5.74) is 3.56. The van der Waals surface area contributed by atoms with Gasteiger partial charge in [0.15, 0.2) is 0 Å². The molecule has 0 fully saturated rings. The molecule has 0 aliphatic rings. The third-order valence-corrected chi connectivity index (χ3v) is 3.34. The van der Waals surface area contributed by atoms with E-state index in [1.165, 1.54) is 21.9 Å². The van der Waals surface area contributed by atoms with Crippen molar-refractivity contribution in [2.75, 3.05) is 0 Å². The second-order valence-electron chi connectivity index (χ2n) is 5.03. The van der Waals surface area contributed by atoms with Gasteiger partial charge in [0, 0.05) is 29.5 Å². The summed E-state index contributed by atoms with van der Waals surface area (Å²) >= 11 is 0. The number of pyridine rings is 2. The predicted molar refractivity (Wildman–Crippen MR) is 79.1 cm³/mol. The summed E-state index contributed by atoms with van der Waals surface area (Å²) in [5, 5.41) is 2.38. The highest BCUT2D eigenvalue weighted by Crippen LogP contribution is 2.29. The van der Waals surface area contributed by atoms with Crippen LogP contribution in [0.3, 0.4) is 0 Å². The van der Waals surface area contributed by atoms with Crippen LogP contribution in [0.25, 0.3) is 21.9 Å². The first-order valence-corrected chi connectivity index (χ1v) is 6.55. The number of aromatic nitrogens is 2. The van der Waals surface area contributed by atoms with E-state index in [4.69, 9.17) is 0 Å². The van der Waals surface area contributed by atoms with Crippen LogP contribution in [0, 0.1) is 0 Å². The Morgan fingerprint density at radius 1 is 0.947 bits per heavy atom. The maximum absolute atomic E-state index is 4.52. The van der Waals surface area contributed by atoms with Crippen molar-refractivity contribution in [3.05, 3.63) is 60.7 Å². The van der Waals surface area contributed by atoms with Gasteiger partial charge in [-0.05, 0) is 35.1 Å². The maximum atomic E-state index is 4.52. The van der Waals surface area contributed by atoms with E-state index in [1.54, 1.807) is 0 Å². The minimum absolute atomic E-state index is 0.417. The first-order valence-electron chi connectivity index (χ1n) is 6.55. The summed E-state index contributed by atoms with van der Waals surface area (Å²) in [4.78, 5) is 8.71. The van der Waals surface area contributed by atoms with Gasteiger partial charge in [-0.25, -0.2) is 0 Å². The fourth-order valence-electron chi connectivity index (χ4n) is 2.37. The average molecular weight is 248 g/mol. The van der Waals surface area contributed by atoms with Crippen molar-refractivity contribution in [2.24, 2.45) is 0 Å². The molecule has 0 aliphatic carbocycles. The lowest BCUT2D eigenvalue weighted by Crippen LogP contribution is -1.95. The SMILES string of the molecule is CC(C)c1ncccc1-c1ccc2ccncc2c1. The van der Waals surface area contributed by atoms with Crippen molar-refractivity contribution < 1.29 is 0 Å². The van der Waals surface area contributed by atoms with Gasteiger partial charge in [0.1, 0.15) is 0 Å². The third kappa shape index (κ3) is 2.22.